The van der Waals surface area contributed by atoms with Gasteiger partial charge in [-0.3, -0.25) is 9.36 Å². The summed E-state index contributed by atoms with van der Waals surface area (Å²) in [4.78, 5) is 12.6. The maximum absolute atomic E-state index is 12.6. The minimum atomic E-state index is -0.187. The van der Waals surface area contributed by atoms with Crippen molar-refractivity contribution in [1.29, 1.82) is 0 Å². The number of halogens is 1. The summed E-state index contributed by atoms with van der Waals surface area (Å²) < 4.78 is 12.4. The van der Waals surface area contributed by atoms with Crippen LogP contribution in [0.25, 0.3) is 17.1 Å². The number of thioether (sulfide) groups is 1. The highest BCUT2D eigenvalue weighted by atomic mass is 35.5. The maximum Gasteiger partial charge on any atom is 0.234 e. The van der Waals surface area contributed by atoms with Gasteiger partial charge in [-0.05, 0) is 55.5 Å². The van der Waals surface area contributed by atoms with Crippen molar-refractivity contribution in [1.82, 2.24) is 14.8 Å². The first kappa shape index (κ1) is 23.7. The molecule has 4 aromatic rings. The zero-order valence-corrected chi connectivity index (χ0v) is 20.5. The molecule has 0 atom stereocenters. The fourth-order valence-electron chi connectivity index (χ4n) is 3.37. The molecule has 0 aliphatic heterocycles. The lowest BCUT2D eigenvalue weighted by atomic mass is 10.1. The lowest BCUT2D eigenvalue weighted by Crippen LogP contribution is -2.14. The molecule has 0 bridgehead atoms. The molecule has 174 valence electrons. The molecule has 7 nitrogen and oxygen atoms in total. The third-order valence-corrected chi connectivity index (χ3v) is 6.23. The molecule has 1 N–H and O–H groups in total. The lowest BCUT2D eigenvalue weighted by molar-refractivity contribution is -0.113. The SMILES string of the molecule is COc1ccc(-n2c(SCC(=O)Nc3ccc(OC)c(Cl)c3)nnc2-c2cccc(C)c2)cc1. The Morgan fingerprint density at radius 3 is 2.50 bits per heavy atom. The average Bonchev–Trinajstić information content (AvgIpc) is 3.27. The first-order chi connectivity index (χ1) is 16.5. The Bertz CT molecular complexity index is 1310. The number of ether oxygens (including phenoxy) is 2. The fraction of sp³-hybridized carbons (Fsp3) is 0.160. The van der Waals surface area contributed by atoms with Crippen molar-refractivity contribution in [3.63, 3.8) is 0 Å². The van der Waals surface area contributed by atoms with E-state index >= 15 is 0 Å². The minimum Gasteiger partial charge on any atom is -0.497 e. The fourth-order valence-corrected chi connectivity index (χ4v) is 4.38. The van der Waals surface area contributed by atoms with Gasteiger partial charge in [-0.2, -0.15) is 0 Å². The van der Waals surface area contributed by atoms with Gasteiger partial charge in [0, 0.05) is 16.9 Å². The average molecular weight is 495 g/mol. The molecule has 3 aromatic carbocycles. The van der Waals surface area contributed by atoms with Crippen molar-refractivity contribution in [2.45, 2.75) is 12.1 Å². The Kier molecular flexibility index (Phi) is 7.40. The summed E-state index contributed by atoms with van der Waals surface area (Å²) in [6, 6.07) is 20.8. The van der Waals surface area contributed by atoms with E-state index in [1.165, 1.54) is 11.8 Å². The smallest absolute Gasteiger partial charge is 0.234 e. The highest BCUT2D eigenvalue weighted by molar-refractivity contribution is 7.99. The largest absolute Gasteiger partial charge is 0.497 e. The van der Waals surface area contributed by atoms with Crippen LogP contribution in [-0.4, -0.2) is 40.6 Å². The molecule has 0 radical (unpaired) electrons. The normalized spacial score (nSPS) is 10.7. The number of nitrogens with one attached hydrogen (secondary N) is 1. The minimum absolute atomic E-state index is 0.145. The summed E-state index contributed by atoms with van der Waals surface area (Å²) >= 11 is 7.46. The highest BCUT2D eigenvalue weighted by Gasteiger charge is 2.18. The summed E-state index contributed by atoms with van der Waals surface area (Å²) in [5.41, 5.74) is 3.52. The molecule has 0 fully saturated rings. The first-order valence-electron chi connectivity index (χ1n) is 10.4. The number of rotatable bonds is 8. The monoisotopic (exact) mass is 494 g/mol. The third kappa shape index (κ3) is 5.35. The number of nitrogens with zero attached hydrogens (tertiary/aromatic N) is 3. The zero-order valence-electron chi connectivity index (χ0n) is 18.9. The van der Waals surface area contributed by atoms with Crippen LogP contribution in [0.15, 0.2) is 71.9 Å². The molecule has 1 heterocycles. The van der Waals surface area contributed by atoms with Crippen LogP contribution in [0.1, 0.15) is 5.56 Å². The Labute approximate surface area is 207 Å². The summed E-state index contributed by atoms with van der Waals surface area (Å²) in [5, 5.41) is 12.7. The second kappa shape index (κ2) is 10.6. The van der Waals surface area contributed by atoms with Gasteiger partial charge in [-0.25, -0.2) is 0 Å². The van der Waals surface area contributed by atoms with E-state index in [9.17, 15) is 4.79 Å². The third-order valence-electron chi connectivity index (χ3n) is 5.01. The molecule has 0 unspecified atom stereocenters. The van der Waals surface area contributed by atoms with Gasteiger partial charge in [0.05, 0.1) is 25.0 Å². The zero-order chi connectivity index (χ0) is 24.1. The van der Waals surface area contributed by atoms with Crippen LogP contribution in [0.5, 0.6) is 11.5 Å². The van der Waals surface area contributed by atoms with Crippen LogP contribution in [-0.2, 0) is 4.79 Å². The van der Waals surface area contributed by atoms with Crippen LogP contribution in [0.3, 0.4) is 0 Å². The number of aryl methyl sites for hydroxylation is 1. The van der Waals surface area contributed by atoms with E-state index in [0.717, 1.165) is 22.6 Å². The predicted octanol–water partition coefficient (Wildman–Crippen LogP) is 5.64. The molecule has 34 heavy (non-hydrogen) atoms. The molecule has 0 aliphatic rings. The van der Waals surface area contributed by atoms with Crippen molar-refractivity contribution in [3.8, 4) is 28.6 Å². The molecule has 9 heteroatoms. The van der Waals surface area contributed by atoms with E-state index in [1.54, 1.807) is 32.4 Å². The van der Waals surface area contributed by atoms with Crippen molar-refractivity contribution >= 4 is 35.0 Å². The summed E-state index contributed by atoms with van der Waals surface area (Å²) in [5.74, 6) is 1.95. The quantitative estimate of drug-likeness (QED) is 0.319. The van der Waals surface area contributed by atoms with Crippen LogP contribution < -0.4 is 14.8 Å². The van der Waals surface area contributed by atoms with Crippen LogP contribution in [0.4, 0.5) is 5.69 Å². The van der Waals surface area contributed by atoms with Gasteiger partial charge < -0.3 is 14.8 Å². The Morgan fingerprint density at radius 2 is 1.82 bits per heavy atom. The Hall–Kier alpha value is -3.49. The van der Waals surface area contributed by atoms with Crippen LogP contribution in [0, 0.1) is 6.92 Å². The number of carbonyl (C=O) groups excluding carboxylic acids is 1. The predicted molar refractivity (Wildman–Crippen MR) is 135 cm³/mol. The van der Waals surface area contributed by atoms with Gasteiger partial charge in [0.15, 0.2) is 11.0 Å². The number of benzene rings is 3. The Balaban J connectivity index is 1.58. The molecule has 1 amide bonds. The summed E-state index contributed by atoms with van der Waals surface area (Å²) in [6.45, 7) is 2.03. The van der Waals surface area contributed by atoms with Crippen LogP contribution in [0.2, 0.25) is 5.02 Å². The van der Waals surface area contributed by atoms with Gasteiger partial charge in [0.1, 0.15) is 11.5 Å². The molecule has 4 rings (SSSR count). The molecule has 0 saturated carbocycles. The van der Waals surface area contributed by atoms with Crippen LogP contribution >= 0.6 is 23.4 Å². The number of methoxy groups -OCH3 is 2. The maximum atomic E-state index is 12.6. The van der Waals surface area contributed by atoms with Gasteiger partial charge >= 0.3 is 0 Å². The molecule has 0 saturated heterocycles. The van der Waals surface area contributed by atoms with E-state index in [0.29, 0.717) is 27.4 Å². The van der Waals surface area contributed by atoms with Gasteiger partial charge in [0.25, 0.3) is 0 Å². The van der Waals surface area contributed by atoms with Crippen molar-refractivity contribution in [3.05, 3.63) is 77.3 Å². The Morgan fingerprint density at radius 1 is 1.03 bits per heavy atom. The second-order valence-corrected chi connectivity index (χ2v) is 8.74. The van der Waals surface area contributed by atoms with E-state index in [-0.39, 0.29) is 11.7 Å². The second-order valence-electron chi connectivity index (χ2n) is 7.40. The van der Waals surface area contributed by atoms with Gasteiger partial charge in [0.2, 0.25) is 5.91 Å². The molecular formula is C25H23ClN4O3S. The van der Waals surface area contributed by atoms with E-state index in [4.69, 9.17) is 21.1 Å². The lowest BCUT2D eigenvalue weighted by Gasteiger charge is -2.12. The number of aromatic nitrogens is 3. The number of hydrogen-bond acceptors (Lipinski definition) is 6. The van der Waals surface area contributed by atoms with Crippen molar-refractivity contribution in [2.24, 2.45) is 0 Å². The number of hydrogen-bond donors (Lipinski definition) is 1. The topological polar surface area (TPSA) is 78.3 Å². The van der Waals surface area contributed by atoms with Gasteiger partial charge in [-0.15, -0.1) is 10.2 Å². The summed E-state index contributed by atoms with van der Waals surface area (Å²) in [7, 11) is 3.17. The first-order valence-corrected chi connectivity index (χ1v) is 11.8. The molecule has 1 aromatic heterocycles. The number of anilines is 1. The highest BCUT2D eigenvalue weighted by Crippen LogP contribution is 2.30. The standard InChI is InChI=1S/C25H23ClN4O3S/c1-16-5-4-6-17(13-16)24-28-29-25(30(24)19-8-10-20(32-2)11-9-19)34-15-23(31)27-18-7-12-22(33-3)21(26)14-18/h4-14H,15H2,1-3H3,(H,27,31). The van der Waals surface area contributed by atoms with E-state index < -0.39 is 0 Å². The summed E-state index contributed by atoms with van der Waals surface area (Å²) in [6.07, 6.45) is 0. The number of carbonyl (C=O) groups is 1. The molecule has 0 aliphatic carbocycles. The van der Waals surface area contributed by atoms with Crippen molar-refractivity contribution < 1.29 is 14.3 Å². The van der Waals surface area contributed by atoms with Crippen molar-refractivity contribution in [2.75, 3.05) is 25.3 Å². The van der Waals surface area contributed by atoms with E-state index in [2.05, 4.69) is 21.6 Å². The van der Waals surface area contributed by atoms with E-state index in [1.807, 2.05) is 54.0 Å². The number of amides is 1. The molecular weight excluding hydrogens is 472 g/mol. The van der Waals surface area contributed by atoms with Gasteiger partial charge in [-0.1, -0.05) is 47.1 Å². The molecule has 0 spiro atoms.